The normalized spacial score (nSPS) is 9.12. The predicted octanol–water partition coefficient (Wildman–Crippen LogP) is 0.612. The Kier molecular flexibility index (Phi) is 1.12. The maximum Gasteiger partial charge on any atom is 0.254 e. The number of aromatic nitrogens is 1. The molecule has 41 valence electrons. The molecule has 1 aromatic heterocycles. The van der Waals surface area contributed by atoms with E-state index in [2.05, 4.69) is 4.98 Å². The molecular weight excluding hydrogens is 109 g/mol. The zero-order valence-corrected chi connectivity index (χ0v) is 3.94. The second-order valence-electron chi connectivity index (χ2n) is 1.30. The quantitative estimate of drug-likeness (QED) is 0.567. The van der Waals surface area contributed by atoms with Crippen molar-refractivity contribution < 1.29 is 9.18 Å². The fourth-order valence-corrected chi connectivity index (χ4v) is 0.429. The van der Waals surface area contributed by atoms with E-state index in [0.29, 0.717) is 0 Å². The molecule has 3 heteroatoms. The number of halogens is 1. The van der Waals surface area contributed by atoms with Gasteiger partial charge in [0.05, 0.1) is 0 Å². The number of hydrogen-bond donors (Lipinski definition) is 1. The van der Waals surface area contributed by atoms with Crippen LogP contribution in [0.3, 0.4) is 0 Å². The Labute approximate surface area is 45.3 Å². The number of hydrogen-bond acceptors (Lipinski definition) is 1. The highest BCUT2D eigenvalue weighted by atomic mass is 19.1. The van der Waals surface area contributed by atoms with E-state index in [9.17, 15) is 9.18 Å². The lowest BCUT2D eigenvalue weighted by Gasteiger charge is -1.74. The topological polar surface area (TPSA) is 32.9 Å². The molecule has 0 bridgehead atoms. The Morgan fingerprint density at radius 3 is 2.75 bits per heavy atom. The minimum atomic E-state index is -0.556. The largest absolute Gasteiger partial charge is 0.356 e. The van der Waals surface area contributed by atoms with Crippen LogP contribution < -0.4 is 0 Å². The van der Waals surface area contributed by atoms with Crippen molar-refractivity contribution in [3.05, 3.63) is 23.8 Å². The molecule has 1 radical (unpaired) electrons. The van der Waals surface area contributed by atoms with Crippen LogP contribution in [0.2, 0.25) is 0 Å². The van der Waals surface area contributed by atoms with Crippen molar-refractivity contribution >= 4 is 6.29 Å². The molecule has 1 rings (SSSR count). The van der Waals surface area contributed by atoms with Crippen LogP contribution in [0.5, 0.6) is 0 Å². The van der Waals surface area contributed by atoms with Gasteiger partial charge in [0.1, 0.15) is 5.69 Å². The summed E-state index contributed by atoms with van der Waals surface area (Å²) in [4.78, 5) is 12.0. The monoisotopic (exact) mass is 112 g/mol. The van der Waals surface area contributed by atoms with Crippen LogP contribution in [0, 0.1) is 5.82 Å². The van der Waals surface area contributed by atoms with Gasteiger partial charge in [0.15, 0.2) is 5.82 Å². The smallest absolute Gasteiger partial charge is 0.254 e. The van der Waals surface area contributed by atoms with Gasteiger partial charge < -0.3 is 4.98 Å². The van der Waals surface area contributed by atoms with Gasteiger partial charge >= 0.3 is 0 Å². The fraction of sp³-hybridized carbons (Fsp3) is 0. The average molecular weight is 112 g/mol. The van der Waals surface area contributed by atoms with Gasteiger partial charge in [0, 0.05) is 6.20 Å². The maximum atomic E-state index is 12.1. The standard InChI is InChI=1S/C5H3FNO/c6-4-1-2-7-5(4)3-8/h1-2,7H. The summed E-state index contributed by atoms with van der Waals surface area (Å²) in [7, 11) is 0. The lowest BCUT2D eigenvalue weighted by molar-refractivity contribution is 0.555. The summed E-state index contributed by atoms with van der Waals surface area (Å²) in [6.07, 6.45) is 2.74. The number of H-pyrrole nitrogens is 1. The molecule has 0 atom stereocenters. The van der Waals surface area contributed by atoms with E-state index < -0.39 is 5.82 Å². The second-order valence-corrected chi connectivity index (χ2v) is 1.30. The molecule has 0 aliphatic heterocycles. The molecule has 2 nitrogen and oxygen atoms in total. The Hall–Kier alpha value is -1.12. The van der Waals surface area contributed by atoms with Gasteiger partial charge in [-0.15, -0.1) is 0 Å². The minimum absolute atomic E-state index is 0.120. The fourth-order valence-electron chi connectivity index (χ4n) is 0.429. The van der Waals surface area contributed by atoms with Crippen molar-refractivity contribution in [3.8, 4) is 0 Å². The first-order valence-corrected chi connectivity index (χ1v) is 2.05. The van der Waals surface area contributed by atoms with Crippen LogP contribution in [0.25, 0.3) is 0 Å². The summed E-state index contributed by atoms with van der Waals surface area (Å²) >= 11 is 0. The second kappa shape index (κ2) is 1.78. The highest BCUT2D eigenvalue weighted by Crippen LogP contribution is 1.98. The van der Waals surface area contributed by atoms with Crippen molar-refractivity contribution in [2.45, 2.75) is 0 Å². The van der Waals surface area contributed by atoms with Gasteiger partial charge in [-0.3, -0.25) is 4.79 Å². The molecule has 0 aromatic carbocycles. The first kappa shape index (κ1) is 5.03. The minimum Gasteiger partial charge on any atom is -0.356 e. The molecule has 0 amide bonds. The van der Waals surface area contributed by atoms with Crippen molar-refractivity contribution in [2.24, 2.45) is 0 Å². The van der Waals surface area contributed by atoms with Gasteiger partial charge in [-0.05, 0) is 6.07 Å². The Morgan fingerprint density at radius 1 is 1.75 bits per heavy atom. The molecule has 0 saturated carbocycles. The molecular formula is C5H3FNO. The number of rotatable bonds is 1. The van der Waals surface area contributed by atoms with E-state index in [0.717, 1.165) is 0 Å². The Balaban J connectivity index is 3.09. The molecule has 0 fully saturated rings. The Morgan fingerprint density at radius 2 is 2.50 bits per heavy atom. The van der Waals surface area contributed by atoms with E-state index in [4.69, 9.17) is 0 Å². The van der Waals surface area contributed by atoms with Gasteiger partial charge in [-0.1, -0.05) is 0 Å². The van der Waals surface area contributed by atoms with Crippen LogP contribution in [0.4, 0.5) is 4.39 Å². The van der Waals surface area contributed by atoms with Crippen molar-refractivity contribution in [2.75, 3.05) is 0 Å². The van der Waals surface area contributed by atoms with Crippen molar-refractivity contribution in [1.29, 1.82) is 0 Å². The summed E-state index contributed by atoms with van der Waals surface area (Å²) in [6.45, 7) is 0. The number of nitrogens with one attached hydrogen (secondary N) is 1. The molecule has 0 saturated heterocycles. The highest BCUT2D eigenvalue weighted by molar-refractivity contribution is 5.72. The van der Waals surface area contributed by atoms with Gasteiger partial charge in [0.2, 0.25) is 0 Å². The predicted molar refractivity (Wildman–Crippen MR) is 25.5 cm³/mol. The zero-order valence-electron chi connectivity index (χ0n) is 3.94. The molecule has 0 aliphatic carbocycles. The van der Waals surface area contributed by atoms with E-state index in [1.54, 1.807) is 0 Å². The third-order valence-corrected chi connectivity index (χ3v) is 0.798. The molecule has 0 aliphatic rings. The third kappa shape index (κ3) is 0.621. The average Bonchev–Trinajstić information content (AvgIpc) is 2.14. The zero-order chi connectivity index (χ0) is 5.98. The Bertz CT molecular complexity index is 194. The van der Waals surface area contributed by atoms with Gasteiger partial charge in [-0.2, -0.15) is 0 Å². The molecule has 1 aromatic rings. The number of carbonyl (C=O) groups excluding carboxylic acids is 1. The van der Waals surface area contributed by atoms with E-state index >= 15 is 0 Å². The van der Waals surface area contributed by atoms with Crippen LogP contribution in [0.15, 0.2) is 12.3 Å². The summed E-state index contributed by atoms with van der Waals surface area (Å²) in [6, 6.07) is 1.17. The summed E-state index contributed by atoms with van der Waals surface area (Å²) in [5, 5.41) is 0. The van der Waals surface area contributed by atoms with Crippen LogP contribution >= 0.6 is 0 Å². The first-order chi connectivity index (χ1) is 3.84. The molecule has 1 N–H and O–H groups in total. The van der Waals surface area contributed by atoms with Gasteiger partial charge in [-0.25, -0.2) is 4.39 Å². The highest BCUT2D eigenvalue weighted by Gasteiger charge is 1.98. The van der Waals surface area contributed by atoms with Crippen LogP contribution in [0.1, 0.15) is 5.69 Å². The molecule has 8 heavy (non-hydrogen) atoms. The summed E-state index contributed by atoms with van der Waals surface area (Å²) < 4.78 is 12.1. The molecule has 0 unspecified atom stereocenters. The number of aromatic amines is 1. The van der Waals surface area contributed by atoms with E-state index in [-0.39, 0.29) is 5.69 Å². The molecule has 0 spiro atoms. The first-order valence-electron chi connectivity index (χ1n) is 2.05. The summed E-state index contributed by atoms with van der Waals surface area (Å²) in [5.74, 6) is -0.556. The summed E-state index contributed by atoms with van der Waals surface area (Å²) in [5.41, 5.74) is -0.120. The maximum absolute atomic E-state index is 12.1. The molecule has 1 heterocycles. The lowest BCUT2D eigenvalue weighted by Crippen LogP contribution is -1.81. The van der Waals surface area contributed by atoms with Crippen molar-refractivity contribution in [3.63, 3.8) is 0 Å². The van der Waals surface area contributed by atoms with E-state index in [1.165, 1.54) is 18.5 Å². The third-order valence-electron chi connectivity index (χ3n) is 0.798. The lowest BCUT2D eigenvalue weighted by atomic mass is 10.5. The van der Waals surface area contributed by atoms with E-state index in [1.807, 2.05) is 0 Å². The van der Waals surface area contributed by atoms with Crippen LogP contribution in [-0.2, 0) is 4.79 Å². The van der Waals surface area contributed by atoms with Gasteiger partial charge in [0.25, 0.3) is 6.29 Å². The van der Waals surface area contributed by atoms with Crippen LogP contribution in [-0.4, -0.2) is 11.3 Å². The SMILES string of the molecule is O=[C]c1[nH]ccc1F. The van der Waals surface area contributed by atoms with Crippen molar-refractivity contribution in [1.82, 2.24) is 4.98 Å².